The predicted octanol–water partition coefficient (Wildman–Crippen LogP) is 3.97. The summed E-state index contributed by atoms with van der Waals surface area (Å²) in [6.45, 7) is 2.20. The summed E-state index contributed by atoms with van der Waals surface area (Å²) in [4.78, 5) is 15.0. The maximum Gasteiger partial charge on any atom is 0.303 e. The quantitative estimate of drug-likeness (QED) is 0.435. The number of nitrogens with zero attached hydrogens (tertiary/aromatic N) is 1. The lowest BCUT2D eigenvalue weighted by Gasteiger charge is -2.09. The first-order chi connectivity index (χ1) is 12.5. The number of hydrogen-bond donors (Lipinski definition) is 3. The van der Waals surface area contributed by atoms with Crippen LogP contribution in [-0.2, 0) is 11.2 Å². The molecular formula is C21H33NO4. The van der Waals surface area contributed by atoms with Gasteiger partial charge < -0.3 is 15.3 Å². The van der Waals surface area contributed by atoms with Crippen molar-refractivity contribution in [2.24, 2.45) is 0 Å². The van der Waals surface area contributed by atoms with Crippen LogP contribution in [0.25, 0.3) is 6.08 Å². The molecule has 1 rings (SSSR count). The van der Waals surface area contributed by atoms with E-state index in [-0.39, 0.29) is 12.8 Å². The molecule has 0 radical (unpaired) electrons. The van der Waals surface area contributed by atoms with Gasteiger partial charge in [-0.15, -0.1) is 0 Å². The normalized spacial score (nSPS) is 13.8. The van der Waals surface area contributed by atoms with E-state index in [2.05, 4.69) is 11.9 Å². The molecule has 2 atom stereocenters. The van der Waals surface area contributed by atoms with Gasteiger partial charge in [0.1, 0.15) is 0 Å². The second kappa shape index (κ2) is 13.5. The zero-order valence-electron chi connectivity index (χ0n) is 15.8. The minimum atomic E-state index is -0.909. The van der Waals surface area contributed by atoms with Crippen LogP contribution in [0.15, 0.2) is 24.3 Å². The van der Waals surface area contributed by atoms with Crippen molar-refractivity contribution in [1.82, 2.24) is 4.98 Å². The van der Waals surface area contributed by atoms with Gasteiger partial charge in [0.05, 0.1) is 17.9 Å². The van der Waals surface area contributed by atoms with Gasteiger partial charge in [-0.3, -0.25) is 9.78 Å². The SMILES string of the molecule is CCCCCCCC[C@H](O)/C=C/c1cccc(C[C@@H](O)CCC(=O)O)n1. The zero-order chi connectivity index (χ0) is 19.2. The number of pyridine rings is 1. The van der Waals surface area contributed by atoms with E-state index in [4.69, 9.17) is 5.11 Å². The Kier molecular flexibility index (Phi) is 11.6. The topological polar surface area (TPSA) is 90.7 Å². The van der Waals surface area contributed by atoms with Crippen LogP contribution < -0.4 is 0 Å². The average molecular weight is 363 g/mol. The van der Waals surface area contributed by atoms with Gasteiger partial charge in [0, 0.05) is 18.5 Å². The number of aliphatic hydroxyl groups excluding tert-OH is 2. The third kappa shape index (κ3) is 11.0. The number of rotatable bonds is 14. The number of carboxylic acid groups (broad SMARTS) is 1. The molecule has 0 aliphatic rings. The molecule has 1 aromatic heterocycles. The van der Waals surface area contributed by atoms with E-state index in [0.717, 1.165) is 30.7 Å². The van der Waals surface area contributed by atoms with Crippen LogP contribution in [0, 0.1) is 0 Å². The number of aliphatic carboxylic acids is 1. The molecule has 0 bridgehead atoms. The fraction of sp³-hybridized carbons (Fsp3) is 0.619. The highest BCUT2D eigenvalue weighted by Gasteiger charge is 2.09. The Labute approximate surface area is 156 Å². The summed E-state index contributed by atoms with van der Waals surface area (Å²) >= 11 is 0. The Morgan fingerprint density at radius 2 is 1.85 bits per heavy atom. The first kappa shape index (κ1) is 22.3. The van der Waals surface area contributed by atoms with E-state index < -0.39 is 18.2 Å². The highest BCUT2D eigenvalue weighted by Crippen LogP contribution is 2.11. The van der Waals surface area contributed by atoms with Crippen molar-refractivity contribution >= 4 is 12.0 Å². The fourth-order valence-electron chi connectivity index (χ4n) is 2.78. The molecule has 146 valence electrons. The van der Waals surface area contributed by atoms with Crippen LogP contribution in [0.2, 0.25) is 0 Å². The largest absolute Gasteiger partial charge is 0.481 e. The summed E-state index contributed by atoms with van der Waals surface area (Å²) in [5.41, 5.74) is 1.45. The Morgan fingerprint density at radius 3 is 2.58 bits per heavy atom. The third-order valence-electron chi connectivity index (χ3n) is 4.31. The number of hydrogen-bond acceptors (Lipinski definition) is 4. The molecule has 1 aromatic rings. The van der Waals surface area contributed by atoms with E-state index in [9.17, 15) is 15.0 Å². The summed E-state index contributed by atoms with van der Waals surface area (Å²) in [5, 5.41) is 28.6. The second-order valence-electron chi connectivity index (χ2n) is 6.83. The predicted molar refractivity (Wildman–Crippen MR) is 104 cm³/mol. The number of aromatic nitrogens is 1. The molecule has 3 N–H and O–H groups in total. The Balaban J connectivity index is 2.37. The minimum absolute atomic E-state index is 0.0502. The van der Waals surface area contributed by atoms with E-state index in [0.29, 0.717) is 6.42 Å². The second-order valence-corrected chi connectivity index (χ2v) is 6.83. The smallest absolute Gasteiger partial charge is 0.303 e. The molecule has 0 fully saturated rings. The molecule has 0 aliphatic carbocycles. The van der Waals surface area contributed by atoms with Crippen LogP contribution in [0.3, 0.4) is 0 Å². The first-order valence-corrected chi connectivity index (χ1v) is 9.73. The molecule has 0 unspecified atom stereocenters. The molecule has 0 saturated carbocycles. The summed E-state index contributed by atoms with van der Waals surface area (Å²) in [6.07, 6.45) is 10.9. The van der Waals surface area contributed by atoms with E-state index >= 15 is 0 Å². The van der Waals surface area contributed by atoms with Crippen LogP contribution >= 0.6 is 0 Å². The van der Waals surface area contributed by atoms with E-state index in [1.807, 2.05) is 18.2 Å². The molecule has 1 heterocycles. The highest BCUT2D eigenvalue weighted by molar-refractivity contribution is 5.66. The highest BCUT2D eigenvalue weighted by atomic mass is 16.4. The summed E-state index contributed by atoms with van der Waals surface area (Å²) in [6, 6.07) is 5.52. The van der Waals surface area contributed by atoms with Crippen molar-refractivity contribution in [2.75, 3.05) is 0 Å². The van der Waals surface area contributed by atoms with Gasteiger partial charge in [0.2, 0.25) is 0 Å². The van der Waals surface area contributed by atoms with Crippen molar-refractivity contribution in [1.29, 1.82) is 0 Å². The van der Waals surface area contributed by atoms with Crippen molar-refractivity contribution in [3.05, 3.63) is 35.7 Å². The first-order valence-electron chi connectivity index (χ1n) is 9.73. The average Bonchev–Trinajstić information content (AvgIpc) is 2.61. The van der Waals surface area contributed by atoms with Gasteiger partial charge in [-0.25, -0.2) is 0 Å². The molecule has 5 nitrogen and oxygen atoms in total. The van der Waals surface area contributed by atoms with E-state index in [1.54, 1.807) is 12.2 Å². The number of carboxylic acids is 1. The summed E-state index contributed by atoms with van der Waals surface area (Å²) < 4.78 is 0. The minimum Gasteiger partial charge on any atom is -0.481 e. The summed E-state index contributed by atoms with van der Waals surface area (Å²) in [7, 11) is 0. The monoisotopic (exact) mass is 363 g/mol. The lowest BCUT2D eigenvalue weighted by atomic mass is 10.1. The molecule has 0 aromatic carbocycles. The lowest BCUT2D eigenvalue weighted by molar-refractivity contribution is -0.137. The van der Waals surface area contributed by atoms with Crippen molar-refractivity contribution in [2.45, 2.75) is 83.3 Å². The third-order valence-corrected chi connectivity index (χ3v) is 4.31. The fourth-order valence-corrected chi connectivity index (χ4v) is 2.78. The maximum absolute atomic E-state index is 10.5. The molecule has 26 heavy (non-hydrogen) atoms. The van der Waals surface area contributed by atoms with Gasteiger partial charge in [-0.05, 0) is 31.1 Å². The zero-order valence-corrected chi connectivity index (χ0v) is 15.8. The van der Waals surface area contributed by atoms with Gasteiger partial charge in [0.25, 0.3) is 0 Å². The van der Waals surface area contributed by atoms with Crippen LogP contribution in [-0.4, -0.2) is 38.5 Å². The Bertz CT molecular complexity index is 545. The Morgan fingerprint density at radius 1 is 1.12 bits per heavy atom. The number of carbonyl (C=O) groups is 1. The van der Waals surface area contributed by atoms with Crippen molar-refractivity contribution in [3.63, 3.8) is 0 Å². The molecule has 0 aliphatic heterocycles. The van der Waals surface area contributed by atoms with E-state index in [1.165, 1.54) is 25.7 Å². The van der Waals surface area contributed by atoms with Crippen LogP contribution in [0.1, 0.15) is 76.1 Å². The van der Waals surface area contributed by atoms with Crippen LogP contribution in [0.4, 0.5) is 0 Å². The van der Waals surface area contributed by atoms with Gasteiger partial charge in [-0.1, -0.05) is 57.6 Å². The Hall–Kier alpha value is -1.72. The van der Waals surface area contributed by atoms with Gasteiger partial charge >= 0.3 is 5.97 Å². The number of unbranched alkanes of at least 4 members (excludes halogenated alkanes) is 5. The lowest BCUT2D eigenvalue weighted by Crippen LogP contribution is -2.13. The molecule has 5 heteroatoms. The summed E-state index contributed by atoms with van der Waals surface area (Å²) in [5.74, 6) is -0.909. The molecular weight excluding hydrogens is 330 g/mol. The van der Waals surface area contributed by atoms with Crippen molar-refractivity contribution < 1.29 is 20.1 Å². The van der Waals surface area contributed by atoms with Crippen LogP contribution in [0.5, 0.6) is 0 Å². The molecule has 0 saturated heterocycles. The maximum atomic E-state index is 10.5. The molecule has 0 amide bonds. The number of aliphatic hydroxyl groups is 2. The standard InChI is InChI=1S/C21H33NO4/c1-2-3-4-5-6-7-11-19(23)13-12-17-9-8-10-18(22-17)16-20(24)14-15-21(25)26/h8-10,12-13,19-20,23-24H,2-7,11,14-16H2,1H3,(H,25,26)/b13-12+/t19-,20-/m0/s1. The molecule has 0 spiro atoms. The van der Waals surface area contributed by atoms with Crippen molar-refractivity contribution in [3.8, 4) is 0 Å². The van der Waals surface area contributed by atoms with Gasteiger partial charge in [-0.2, -0.15) is 0 Å². The van der Waals surface area contributed by atoms with Gasteiger partial charge in [0.15, 0.2) is 0 Å².